The van der Waals surface area contributed by atoms with Gasteiger partial charge >= 0.3 is 0 Å². The fourth-order valence-corrected chi connectivity index (χ4v) is 3.69. The van der Waals surface area contributed by atoms with Crippen molar-refractivity contribution >= 4 is 5.78 Å². The second kappa shape index (κ2) is 4.27. The summed E-state index contributed by atoms with van der Waals surface area (Å²) in [5, 5.41) is 19.7. The maximum Gasteiger partial charge on any atom is 0.132 e. The van der Waals surface area contributed by atoms with Crippen LogP contribution >= 0.6 is 0 Å². The molecule has 3 rings (SSSR count). The van der Waals surface area contributed by atoms with Crippen LogP contribution in [0.5, 0.6) is 0 Å². The summed E-state index contributed by atoms with van der Waals surface area (Å²) in [6, 6.07) is 0. The topological polar surface area (TPSA) is 76.0 Å². The third-order valence-corrected chi connectivity index (χ3v) is 4.47. The van der Waals surface area contributed by atoms with Crippen LogP contribution in [0.4, 0.5) is 0 Å². The van der Waals surface area contributed by atoms with Crippen molar-refractivity contribution in [2.24, 2.45) is 0 Å². The first kappa shape index (κ1) is 12.5. The molecule has 2 heterocycles. The van der Waals surface area contributed by atoms with Crippen LogP contribution < -0.4 is 0 Å². The lowest BCUT2D eigenvalue weighted by Gasteiger charge is -2.44. The van der Waals surface area contributed by atoms with Crippen LogP contribution in [0.25, 0.3) is 0 Å². The predicted octanol–water partition coefficient (Wildman–Crippen LogP) is 0.166. The second-order valence-corrected chi connectivity index (χ2v) is 5.92. The summed E-state index contributed by atoms with van der Waals surface area (Å²) in [6.45, 7) is 1.57. The monoisotopic (exact) mass is 256 g/mol. The number of hydrogen-bond acceptors (Lipinski definition) is 5. The van der Waals surface area contributed by atoms with Crippen molar-refractivity contribution in [2.75, 3.05) is 0 Å². The van der Waals surface area contributed by atoms with Crippen LogP contribution in [0.15, 0.2) is 0 Å². The van der Waals surface area contributed by atoms with E-state index in [0.717, 1.165) is 12.8 Å². The first-order chi connectivity index (χ1) is 8.50. The molecule has 5 heteroatoms. The summed E-state index contributed by atoms with van der Waals surface area (Å²) < 4.78 is 11.9. The number of ether oxygens (including phenoxy) is 2. The maximum absolute atomic E-state index is 11.2. The molecule has 0 amide bonds. The Hall–Kier alpha value is -0.490. The Balaban J connectivity index is 1.77. The average molecular weight is 256 g/mol. The number of fused-ring (bicyclic) bond motifs is 1. The van der Waals surface area contributed by atoms with Crippen LogP contribution in [0.3, 0.4) is 0 Å². The van der Waals surface area contributed by atoms with Crippen LogP contribution in [0, 0.1) is 0 Å². The number of hydrogen-bond donors (Lipinski definition) is 2. The molecule has 1 spiro atoms. The van der Waals surface area contributed by atoms with E-state index in [0.29, 0.717) is 19.3 Å². The van der Waals surface area contributed by atoms with Crippen molar-refractivity contribution in [3.63, 3.8) is 0 Å². The molecular formula is C13H20O5. The lowest BCUT2D eigenvalue weighted by atomic mass is 9.76. The normalized spacial score (nSPS) is 50.9. The van der Waals surface area contributed by atoms with Crippen molar-refractivity contribution in [2.45, 2.75) is 75.1 Å². The predicted molar refractivity (Wildman–Crippen MR) is 62.0 cm³/mol. The van der Waals surface area contributed by atoms with Gasteiger partial charge in [-0.05, 0) is 19.8 Å². The van der Waals surface area contributed by atoms with Crippen molar-refractivity contribution in [3.05, 3.63) is 0 Å². The lowest BCUT2D eigenvalue weighted by molar-refractivity contribution is -0.179. The van der Waals surface area contributed by atoms with Gasteiger partial charge in [0.25, 0.3) is 0 Å². The van der Waals surface area contributed by atoms with Gasteiger partial charge in [0.15, 0.2) is 0 Å². The lowest BCUT2D eigenvalue weighted by Crippen LogP contribution is -2.54. The van der Waals surface area contributed by atoms with Crippen LogP contribution in [-0.2, 0) is 14.3 Å². The molecule has 2 N–H and O–H groups in total. The number of carbonyl (C=O) groups excluding carboxylic acids is 1. The molecule has 1 aliphatic carbocycles. The third-order valence-electron chi connectivity index (χ3n) is 4.47. The van der Waals surface area contributed by atoms with Crippen molar-refractivity contribution in [3.8, 4) is 0 Å². The molecule has 3 fully saturated rings. The summed E-state index contributed by atoms with van der Waals surface area (Å²) in [6.07, 6.45) is 1.08. The summed E-state index contributed by atoms with van der Waals surface area (Å²) >= 11 is 0. The summed E-state index contributed by atoms with van der Waals surface area (Å²) in [7, 11) is 0. The standard InChI is InChI=1S/C13H20O5/c1-7(14)4-8-2-3-11-13(18-8)5-9(15)12(16)10(6-13)17-11/h8-12,15-16H,2-6H2,1H3/t8?,9-,10-,11+,12-,13+/m1/s1. The number of carbonyl (C=O) groups is 1. The maximum atomic E-state index is 11.2. The number of rotatable bonds is 2. The highest BCUT2D eigenvalue weighted by atomic mass is 16.6. The van der Waals surface area contributed by atoms with E-state index >= 15 is 0 Å². The SMILES string of the molecule is CC(=O)CC1CC[C@@H]2O[C@@H]3C[C@]2(C[C@@H](O)[C@H]3O)O1. The summed E-state index contributed by atoms with van der Waals surface area (Å²) in [5.41, 5.74) is -0.484. The third kappa shape index (κ3) is 1.90. The van der Waals surface area contributed by atoms with Gasteiger partial charge in [0.05, 0.1) is 30.0 Å². The smallest absolute Gasteiger partial charge is 0.132 e. The van der Waals surface area contributed by atoms with Crippen molar-refractivity contribution < 1.29 is 24.5 Å². The summed E-state index contributed by atoms with van der Waals surface area (Å²) in [5.74, 6) is 0.127. The molecule has 2 saturated heterocycles. The van der Waals surface area contributed by atoms with Gasteiger partial charge in [0.2, 0.25) is 0 Å². The minimum absolute atomic E-state index is 0.0440. The molecule has 2 bridgehead atoms. The first-order valence-electron chi connectivity index (χ1n) is 6.69. The Morgan fingerprint density at radius 1 is 1.33 bits per heavy atom. The van der Waals surface area contributed by atoms with Gasteiger partial charge in [0, 0.05) is 19.3 Å². The Labute approximate surface area is 106 Å². The van der Waals surface area contributed by atoms with Gasteiger partial charge in [-0.3, -0.25) is 4.79 Å². The largest absolute Gasteiger partial charge is 0.390 e. The molecule has 3 aliphatic rings. The number of aliphatic hydroxyl groups is 2. The molecule has 0 aromatic heterocycles. The van der Waals surface area contributed by atoms with E-state index in [1.54, 1.807) is 6.92 Å². The van der Waals surface area contributed by atoms with Crippen molar-refractivity contribution in [1.82, 2.24) is 0 Å². The molecule has 0 aromatic rings. The molecule has 2 aliphatic heterocycles. The zero-order chi connectivity index (χ0) is 12.9. The molecule has 0 radical (unpaired) electrons. The van der Waals surface area contributed by atoms with E-state index in [1.165, 1.54) is 0 Å². The Morgan fingerprint density at radius 3 is 2.83 bits per heavy atom. The van der Waals surface area contributed by atoms with E-state index in [-0.39, 0.29) is 24.1 Å². The Bertz CT molecular complexity index is 357. The minimum atomic E-state index is -0.809. The number of aliphatic hydroxyl groups excluding tert-OH is 2. The Kier molecular flexibility index (Phi) is 2.97. The highest BCUT2D eigenvalue weighted by molar-refractivity contribution is 5.76. The highest BCUT2D eigenvalue weighted by Crippen LogP contribution is 2.49. The fourth-order valence-electron chi connectivity index (χ4n) is 3.69. The van der Waals surface area contributed by atoms with Crippen LogP contribution in [0.2, 0.25) is 0 Å². The number of ketones is 1. The first-order valence-corrected chi connectivity index (χ1v) is 6.69. The van der Waals surface area contributed by atoms with E-state index in [1.807, 2.05) is 0 Å². The molecule has 102 valence electrons. The fraction of sp³-hybridized carbons (Fsp3) is 0.923. The molecule has 18 heavy (non-hydrogen) atoms. The van der Waals surface area contributed by atoms with Gasteiger partial charge in [-0.1, -0.05) is 0 Å². The molecule has 1 saturated carbocycles. The van der Waals surface area contributed by atoms with Gasteiger partial charge in [-0.25, -0.2) is 0 Å². The van der Waals surface area contributed by atoms with E-state index in [4.69, 9.17) is 9.47 Å². The van der Waals surface area contributed by atoms with Gasteiger partial charge in [0.1, 0.15) is 11.9 Å². The molecule has 5 nitrogen and oxygen atoms in total. The van der Waals surface area contributed by atoms with Crippen LogP contribution in [0.1, 0.15) is 39.0 Å². The Morgan fingerprint density at radius 2 is 2.11 bits per heavy atom. The summed E-state index contributed by atoms with van der Waals surface area (Å²) in [4.78, 5) is 11.2. The van der Waals surface area contributed by atoms with Crippen LogP contribution in [-0.4, -0.2) is 52.1 Å². The van der Waals surface area contributed by atoms with Gasteiger partial charge in [-0.2, -0.15) is 0 Å². The highest BCUT2D eigenvalue weighted by Gasteiger charge is 2.59. The van der Waals surface area contributed by atoms with E-state index in [9.17, 15) is 15.0 Å². The van der Waals surface area contributed by atoms with Gasteiger partial charge < -0.3 is 19.7 Å². The van der Waals surface area contributed by atoms with Gasteiger partial charge in [-0.15, -0.1) is 0 Å². The molecule has 1 unspecified atom stereocenters. The van der Waals surface area contributed by atoms with E-state index in [2.05, 4.69) is 0 Å². The second-order valence-electron chi connectivity index (χ2n) is 5.92. The number of Topliss-reactive ketones (excluding diaryl/α,β-unsaturated/α-hetero) is 1. The molecule has 6 atom stereocenters. The van der Waals surface area contributed by atoms with Crippen molar-refractivity contribution in [1.29, 1.82) is 0 Å². The minimum Gasteiger partial charge on any atom is -0.390 e. The molecule has 0 aromatic carbocycles. The zero-order valence-electron chi connectivity index (χ0n) is 10.5. The molecular weight excluding hydrogens is 236 g/mol. The zero-order valence-corrected chi connectivity index (χ0v) is 10.5. The quantitative estimate of drug-likeness (QED) is 0.736. The van der Waals surface area contributed by atoms with E-state index < -0.39 is 17.8 Å². The average Bonchev–Trinajstić information content (AvgIpc) is 2.60.